The lowest BCUT2D eigenvalue weighted by Crippen LogP contribution is -2.48. The lowest BCUT2D eigenvalue weighted by atomic mass is 9.72. The number of hydrogen-bond acceptors (Lipinski definition) is 3. The Bertz CT molecular complexity index is 688. The van der Waals surface area contributed by atoms with Crippen LogP contribution in [0.4, 0.5) is 4.79 Å². The molecule has 0 bridgehead atoms. The molecule has 1 spiro atoms. The number of halogens is 1. The van der Waals surface area contributed by atoms with Gasteiger partial charge in [0.1, 0.15) is 5.60 Å². The van der Waals surface area contributed by atoms with Crippen molar-refractivity contribution in [1.29, 1.82) is 0 Å². The van der Waals surface area contributed by atoms with Gasteiger partial charge in [-0.1, -0.05) is 35.8 Å². The molecular weight excluding hydrogens is 404 g/mol. The van der Waals surface area contributed by atoms with Crippen molar-refractivity contribution in [2.75, 3.05) is 19.6 Å². The summed E-state index contributed by atoms with van der Waals surface area (Å²) in [5.41, 5.74) is 2.20. The Kier molecular flexibility index (Phi) is 5.93. The molecule has 2 aliphatic rings. The number of carbonyl (C=O) groups is 1. The lowest BCUT2D eigenvalue weighted by molar-refractivity contribution is 0.0337. The van der Waals surface area contributed by atoms with Gasteiger partial charge in [-0.3, -0.25) is 0 Å². The second-order valence-corrected chi connectivity index (χ2v) is 10.6. The number of rotatable bonds is 3. The van der Waals surface area contributed by atoms with Crippen LogP contribution in [0, 0.1) is 11.3 Å². The van der Waals surface area contributed by atoms with Crippen molar-refractivity contribution in [3.63, 3.8) is 0 Å². The quantitative estimate of drug-likeness (QED) is 0.697. The maximum Gasteiger partial charge on any atom is 0.408 e. The van der Waals surface area contributed by atoms with Crippen LogP contribution in [0.25, 0.3) is 0 Å². The zero-order chi connectivity index (χ0) is 19.8. The van der Waals surface area contributed by atoms with E-state index in [0.29, 0.717) is 5.92 Å². The minimum absolute atomic E-state index is 0.0149. The molecular formula is C22H33BrN2O2. The first-order chi connectivity index (χ1) is 12.6. The molecule has 0 radical (unpaired) electrons. The summed E-state index contributed by atoms with van der Waals surface area (Å²) in [7, 11) is 0. The molecule has 1 amide bonds. The van der Waals surface area contributed by atoms with Crippen LogP contribution in [0.3, 0.4) is 0 Å². The summed E-state index contributed by atoms with van der Waals surface area (Å²) < 4.78 is 6.64. The Morgan fingerprint density at radius 3 is 2.59 bits per heavy atom. The van der Waals surface area contributed by atoms with Gasteiger partial charge in [0.15, 0.2) is 0 Å². The minimum atomic E-state index is -0.490. The van der Waals surface area contributed by atoms with Crippen molar-refractivity contribution in [3.05, 3.63) is 33.8 Å². The highest BCUT2D eigenvalue weighted by atomic mass is 79.9. The number of ether oxygens (including phenoxy) is 1. The van der Waals surface area contributed by atoms with Crippen molar-refractivity contribution < 1.29 is 9.53 Å². The van der Waals surface area contributed by atoms with E-state index < -0.39 is 5.60 Å². The highest BCUT2D eigenvalue weighted by molar-refractivity contribution is 9.10. The molecule has 0 saturated carbocycles. The number of carbonyl (C=O) groups excluding carboxylic acids is 1. The van der Waals surface area contributed by atoms with Gasteiger partial charge >= 0.3 is 6.09 Å². The lowest BCUT2D eigenvalue weighted by Gasteiger charge is -2.44. The Balaban J connectivity index is 1.82. The molecule has 150 valence electrons. The summed E-state index contributed by atoms with van der Waals surface area (Å²) >= 11 is 3.60. The number of benzene rings is 1. The third-order valence-electron chi connectivity index (χ3n) is 5.71. The van der Waals surface area contributed by atoms with Crippen LogP contribution in [0.15, 0.2) is 22.7 Å². The highest BCUT2D eigenvalue weighted by Crippen LogP contribution is 2.52. The van der Waals surface area contributed by atoms with Crippen LogP contribution in [-0.2, 0) is 11.2 Å². The van der Waals surface area contributed by atoms with Gasteiger partial charge in [0, 0.05) is 16.4 Å². The Morgan fingerprint density at radius 1 is 1.33 bits per heavy atom. The van der Waals surface area contributed by atoms with Crippen molar-refractivity contribution in [3.8, 4) is 0 Å². The van der Waals surface area contributed by atoms with Crippen LogP contribution in [0.5, 0.6) is 0 Å². The zero-order valence-corrected chi connectivity index (χ0v) is 18.9. The van der Waals surface area contributed by atoms with E-state index in [9.17, 15) is 4.79 Å². The van der Waals surface area contributed by atoms with Crippen LogP contribution in [0.1, 0.15) is 64.6 Å². The number of piperidine rings is 1. The minimum Gasteiger partial charge on any atom is -0.444 e. The SMILES string of the molecule is CC(C)CN1CCC2(CC1)Cc1ccc(Br)cc1C2NC(=O)OC(C)(C)C. The molecule has 3 rings (SSSR count). The first-order valence-corrected chi connectivity index (χ1v) is 10.9. The normalized spacial score (nSPS) is 22.1. The summed E-state index contributed by atoms with van der Waals surface area (Å²) in [6, 6.07) is 6.50. The molecule has 1 aliphatic heterocycles. The van der Waals surface area contributed by atoms with Crippen molar-refractivity contribution in [2.24, 2.45) is 11.3 Å². The molecule has 5 heteroatoms. The standard InChI is InChI=1S/C22H33BrN2O2/c1-15(2)14-25-10-8-22(9-11-25)13-16-6-7-17(23)12-18(16)19(22)24-20(26)27-21(3,4)5/h6-7,12,15,19H,8-11,13-14H2,1-5H3,(H,24,26). The van der Waals surface area contributed by atoms with E-state index in [1.54, 1.807) is 0 Å². The molecule has 1 aromatic rings. The zero-order valence-electron chi connectivity index (χ0n) is 17.3. The first-order valence-electron chi connectivity index (χ1n) is 10.1. The predicted molar refractivity (Wildman–Crippen MR) is 113 cm³/mol. The maximum atomic E-state index is 12.6. The number of nitrogens with one attached hydrogen (secondary N) is 1. The van der Waals surface area contributed by atoms with Gasteiger partial charge in [-0.15, -0.1) is 0 Å². The van der Waals surface area contributed by atoms with Crippen LogP contribution in [-0.4, -0.2) is 36.2 Å². The average Bonchev–Trinajstić information content (AvgIpc) is 2.81. The van der Waals surface area contributed by atoms with E-state index in [4.69, 9.17) is 4.74 Å². The number of hydrogen-bond donors (Lipinski definition) is 1. The highest BCUT2D eigenvalue weighted by Gasteiger charge is 2.48. The van der Waals surface area contributed by atoms with Crippen LogP contribution >= 0.6 is 15.9 Å². The number of fused-ring (bicyclic) bond motifs is 1. The van der Waals surface area contributed by atoms with E-state index in [1.165, 1.54) is 11.1 Å². The van der Waals surface area contributed by atoms with Gasteiger partial charge in [-0.2, -0.15) is 0 Å². The molecule has 1 heterocycles. The molecule has 27 heavy (non-hydrogen) atoms. The molecule has 1 fully saturated rings. The third-order valence-corrected chi connectivity index (χ3v) is 6.20. The van der Waals surface area contributed by atoms with Crippen LogP contribution < -0.4 is 5.32 Å². The summed E-state index contributed by atoms with van der Waals surface area (Å²) in [6.45, 7) is 13.6. The molecule has 1 unspecified atom stereocenters. The molecule has 4 nitrogen and oxygen atoms in total. The van der Waals surface area contributed by atoms with Gasteiger partial charge < -0.3 is 15.0 Å². The Hall–Kier alpha value is -1.07. The summed E-state index contributed by atoms with van der Waals surface area (Å²) in [4.78, 5) is 15.2. The van der Waals surface area contributed by atoms with E-state index in [0.717, 1.165) is 43.4 Å². The van der Waals surface area contributed by atoms with Gasteiger partial charge in [-0.05, 0) is 82.3 Å². The van der Waals surface area contributed by atoms with Gasteiger partial charge in [0.2, 0.25) is 0 Å². The van der Waals surface area contributed by atoms with E-state index in [1.807, 2.05) is 20.8 Å². The number of likely N-dealkylation sites (tertiary alicyclic amines) is 1. The molecule has 0 aromatic heterocycles. The van der Waals surface area contributed by atoms with Crippen molar-refractivity contribution in [2.45, 2.75) is 65.5 Å². The molecule has 1 saturated heterocycles. The molecule has 1 aromatic carbocycles. The second kappa shape index (κ2) is 7.75. The van der Waals surface area contributed by atoms with E-state index in [2.05, 4.69) is 58.2 Å². The molecule has 1 aliphatic carbocycles. The van der Waals surface area contributed by atoms with Gasteiger partial charge in [0.05, 0.1) is 6.04 Å². The van der Waals surface area contributed by atoms with Crippen LogP contribution in [0.2, 0.25) is 0 Å². The number of alkyl carbamates (subject to hydrolysis) is 1. The van der Waals surface area contributed by atoms with Gasteiger partial charge in [0.25, 0.3) is 0 Å². The first kappa shape index (κ1) is 20.7. The van der Waals surface area contributed by atoms with Crippen molar-refractivity contribution in [1.82, 2.24) is 10.2 Å². The topological polar surface area (TPSA) is 41.6 Å². The molecule has 1 atom stereocenters. The monoisotopic (exact) mass is 436 g/mol. The van der Waals surface area contributed by atoms with E-state index in [-0.39, 0.29) is 17.6 Å². The fourth-order valence-corrected chi connectivity index (χ4v) is 5.00. The fourth-order valence-electron chi connectivity index (χ4n) is 4.63. The predicted octanol–water partition coefficient (Wildman–Crippen LogP) is 5.31. The van der Waals surface area contributed by atoms with E-state index >= 15 is 0 Å². The molecule has 1 N–H and O–H groups in total. The average molecular weight is 437 g/mol. The smallest absolute Gasteiger partial charge is 0.408 e. The summed E-state index contributed by atoms with van der Waals surface area (Å²) in [6.07, 6.45) is 2.93. The maximum absolute atomic E-state index is 12.6. The Labute approximate surface area is 172 Å². The van der Waals surface area contributed by atoms with Gasteiger partial charge in [-0.25, -0.2) is 4.79 Å². The summed E-state index contributed by atoms with van der Waals surface area (Å²) in [5, 5.41) is 3.23. The van der Waals surface area contributed by atoms with Crippen molar-refractivity contribution >= 4 is 22.0 Å². The largest absolute Gasteiger partial charge is 0.444 e. The summed E-state index contributed by atoms with van der Waals surface area (Å²) in [5.74, 6) is 0.687. The third kappa shape index (κ3) is 4.86. The fraction of sp³-hybridized carbons (Fsp3) is 0.682. The Morgan fingerprint density at radius 2 is 2.00 bits per heavy atom. The number of amides is 1. The number of nitrogens with zero attached hydrogens (tertiary/aromatic N) is 1. The second-order valence-electron chi connectivity index (χ2n) is 9.66.